The van der Waals surface area contributed by atoms with Gasteiger partial charge >= 0.3 is 5.97 Å². The summed E-state index contributed by atoms with van der Waals surface area (Å²) in [5, 5.41) is 5.15. The number of benzene rings is 1. The number of thiazole rings is 1. The molecule has 100 valence electrons. The van der Waals surface area contributed by atoms with E-state index in [0.29, 0.717) is 23.8 Å². The quantitative estimate of drug-likeness (QED) is 0.855. The molecule has 0 amide bonds. The van der Waals surface area contributed by atoms with Crippen LogP contribution in [0.5, 0.6) is 0 Å². The van der Waals surface area contributed by atoms with E-state index in [-0.39, 0.29) is 11.5 Å². The van der Waals surface area contributed by atoms with Crippen molar-refractivity contribution in [3.63, 3.8) is 0 Å². The number of carbonyl (C=O) groups excluding carboxylic acids is 1. The Labute approximate surface area is 114 Å². The molecule has 2 rings (SSSR count). The maximum Gasteiger partial charge on any atom is 0.357 e. The Hall–Kier alpha value is -1.95. The van der Waals surface area contributed by atoms with Gasteiger partial charge in [-0.05, 0) is 13.0 Å². The number of rotatable bonds is 5. The molecule has 1 aromatic carbocycles. The first-order chi connectivity index (χ1) is 9.20. The molecule has 0 saturated heterocycles. The summed E-state index contributed by atoms with van der Waals surface area (Å²) in [6.45, 7) is 2.37. The van der Waals surface area contributed by atoms with Gasteiger partial charge < -0.3 is 10.1 Å². The molecule has 0 saturated carbocycles. The largest absolute Gasteiger partial charge is 0.461 e. The van der Waals surface area contributed by atoms with Crippen LogP contribution in [-0.2, 0) is 11.3 Å². The Balaban J connectivity index is 1.97. The normalized spacial score (nSPS) is 10.2. The van der Waals surface area contributed by atoms with E-state index in [1.807, 2.05) is 0 Å². The van der Waals surface area contributed by atoms with Crippen LogP contribution in [0.15, 0.2) is 29.6 Å². The highest BCUT2D eigenvalue weighted by Crippen LogP contribution is 2.17. The molecule has 0 fully saturated rings. The molecular formula is C13H13FN2O2S. The number of esters is 1. The molecule has 4 nitrogen and oxygen atoms in total. The van der Waals surface area contributed by atoms with Gasteiger partial charge in [0.1, 0.15) is 5.82 Å². The molecule has 0 aliphatic heterocycles. The first kappa shape index (κ1) is 13.5. The first-order valence-electron chi connectivity index (χ1n) is 5.80. The van der Waals surface area contributed by atoms with Crippen molar-refractivity contribution in [2.24, 2.45) is 0 Å². The maximum absolute atomic E-state index is 13.4. The van der Waals surface area contributed by atoms with Gasteiger partial charge in [0.15, 0.2) is 10.8 Å². The lowest BCUT2D eigenvalue weighted by molar-refractivity contribution is 0.0520. The Morgan fingerprint density at radius 3 is 3.00 bits per heavy atom. The Kier molecular flexibility index (Phi) is 4.46. The van der Waals surface area contributed by atoms with Gasteiger partial charge in [0, 0.05) is 17.5 Å². The molecule has 1 aromatic heterocycles. The molecule has 1 N–H and O–H groups in total. The van der Waals surface area contributed by atoms with E-state index in [1.54, 1.807) is 30.5 Å². The number of nitrogens with one attached hydrogen (secondary N) is 1. The Morgan fingerprint density at radius 1 is 1.47 bits per heavy atom. The van der Waals surface area contributed by atoms with Gasteiger partial charge in [-0.2, -0.15) is 0 Å². The lowest BCUT2D eigenvalue weighted by Gasteiger charge is -2.03. The van der Waals surface area contributed by atoms with Crippen molar-refractivity contribution in [3.05, 3.63) is 46.7 Å². The maximum atomic E-state index is 13.4. The third kappa shape index (κ3) is 3.51. The van der Waals surface area contributed by atoms with Gasteiger partial charge in [-0.3, -0.25) is 0 Å². The number of carbonyl (C=O) groups is 1. The van der Waals surface area contributed by atoms with Crippen molar-refractivity contribution >= 4 is 22.4 Å². The second kappa shape index (κ2) is 6.29. The number of hydrogen-bond donors (Lipinski definition) is 1. The number of nitrogens with zero attached hydrogens (tertiary/aromatic N) is 1. The van der Waals surface area contributed by atoms with Crippen LogP contribution in [0.2, 0.25) is 0 Å². The average Bonchev–Trinajstić information content (AvgIpc) is 2.87. The van der Waals surface area contributed by atoms with Crippen molar-refractivity contribution in [1.82, 2.24) is 4.98 Å². The van der Waals surface area contributed by atoms with Crippen molar-refractivity contribution in [2.45, 2.75) is 13.5 Å². The molecule has 0 spiro atoms. The number of hydrogen-bond acceptors (Lipinski definition) is 5. The zero-order valence-corrected chi connectivity index (χ0v) is 11.2. The molecule has 0 aliphatic rings. The number of halogens is 1. The Morgan fingerprint density at radius 2 is 2.26 bits per heavy atom. The van der Waals surface area contributed by atoms with Crippen molar-refractivity contribution in [2.75, 3.05) is 11.9 Å². The van der Waals surface area contributed by atoms with Crippen LogP contribution in [0.25, 0.3) is 0 Å². The second-order valence-electron chi connectivity index (χ2n) is 3.70. The van der Waals surface area contributed by atoms with Crippen LogP contribution in [-0.4, -0.2) is 17.6 Å². The van der Waals surface area contributed by atoms with E-state index >= 15 is 0 Å². The standard InChI is InChI=1S/C13H13FN2O2S/c1-2-18-12(17)11-8-19-13(16-11)15-7-9-5-3-4-6-10(9)14/h3-6,8H,2,7H2,1H3,(H,15,16). The van der Waals surface area contributed by atoms with E-state index in [0.717, 1.165) is 0 Å². The van der Waals surface area contributed by atoms with E-state index in [9.17, 15) is 9.18 Å². The van der Waals surface area contributed by atoms with Crippen LogP contribution in [0.1, 0.15) is 23.0 Å². The van der Waals surface area contributed by atoms with Crippen LogP contribution < -0.4 is 5.32 Å². The molecule has 0 unspecified atom stereocenters. The zero-order chi connectivity index (χ0) is 13.7. The molecule has 19 heavy (non-hydrogen) atoms. The lowest BCUT2D eigenvalue weighted by Crippen LogP contribution is -2.06. The van der Waals surface area contributed by atoms with Crippen molar-refractivity contribution in [3.8, 4) is 0 Å². The van der Waals surface area contributed by atoms with Gasteiger partial charge in [0.25, 0.3) is 0 Å². The minimum atomic E-state index is -0.447. The van der Waals surface area contributed by atoms with Crippen molar-refractivity contribution in [1.29, 1.82) is 0 Å². The highest BCUT2D eigenvalue weighted by Gasteiger charge is 2.11. The summed E-state index contributed by atoms with van der Waals surface area (Å²) in [4.78, 5) is 15.5. The lowest BCUT2D eigenvalue weighted by atomic mass is 10.2. The fourth-order valence-electron chi connectivity index (χ4n) is 1.47. The minimum Gasteiger partial charge on any atom is -0.461 e. The predicted octanol–water partition coefficient (Wildman–Crippen LogP) is 3.07. The predicted molar refractivity (Wildman–Crippen MR) is 71.8 cm³/mol. The van der Waals surface area contributed by atoms with Crippen LogP contribution >= 0.6 is 11.3 Å². The first-order valence-corrected chi connectivity index (χ1v) is 6.68. The van der Waals surface area contributed by atoms with Crippen LogP contribution in [0.4, 0.5) is 9.52 Å². The van der Waals surface area contributed by atoms with Gasteiger partial charge in [0.05, 0.1) is 6.61 Å². The Bertz CT molecular complexity index is 571. The molecule has 0 aliphatic carbocycles. The molecular weight excluding hydrogens is 267 g/mol. The fourth-order valence-corrected chi connectivity index (χ4v) is 2.15. The van der Waals surface area contributed by atoms with E-state index < -0.39 is 5.97 Å². The molecule has 6 heteroatoms. The molecule has 1 heterocycles. The SMILES string of the molecule is CCOC(=O)c1csc(NCc2ccccc2F)n1. The minimum absolute atomic E-state index is 0.267. The number of ether oxygens (including phenoxy) is 1. The van der Waals surface area contributed by atoms with Crippen LogP contribution in [0.3, 0.4) is 0 Å². The summed E-state index contributed by atoms with van der Waals surface area (Å²) in [5.74, 6) is -0.713. The number of anilines is 1. The molecule has 0 bridgehead atoms. The third-order valence-electron chi connectivity index (χ3n) is 2.38. The zero-order valence-electron chi connectivity index (χ0n) is 10.4. The topological polar surface area (TPSA) is 51.2 Å². The third-order valence-corrected chi connectivity index (χ3v) is 3.18. The number of aromatic nitrogens is 1. The summed E-state index contributed by atoms with van der Waals surface area (Å²) < 4.78 is 18.2. The van der Waals surface area contributed by atoms with Gasteiger partial charge in [0.2, 0.25) is 0 Å². The molecule has 0 radical (unpaired) electrons. The van der Waals surface area contributed by atoms with Gasteiger partial charge in [-0.25, -0.2) is 14.2 Å². The summed E-state index contributed by atoms with van der Waals surface area (Å²) >= 11 is 1.28. The van der Waals surface area contributed by atoms with E-state index in [2.05, 4.69) is 10.3 Å². The van der Waals surface area contributed by atoms with Crippen molar-refractivity contribution < 1.29 is 13.9 Å². The highest BCUT2D eigenvalue weighted by molar-refractivity contribution is 7.13. The smallest absolute Gasteiger partial charge is 0.357 e. The van der Waals surface area contributed by atoms with Crippen LogP contribution in [0, 0.1) is 5.82 Å². The van der Waals surface area contributed by atoms with E-state index in [4.69, 9.17) is 4.74 Å². The highest BCUT2D eigenvalue weighted by atomic mass is 32.1. The molecule has 2 aromatic rings. The monoisotopic (exact) mass is 280 g/mol. The fraction of sp³-hybridized carbons (Fsp3) is 0.231. The summed E-state index contributed by atoms with van der Waals surface area (Å²) in [7, 11) is 0. The van der Waals surface area contributed by atoms with E-state index in [1.165, 1.54) is 17.4 Å². The summed E-state index contributed by atoms with van der Waals surface area (Å²) in [6.07, 6.45) is 0. The summed E-state index contributed by atoms with van der Waals surface area (Å²) in [5.41, 5.74) is 0.818. The van der Waals surface area contributed by atoms with Gasteiger partial charge in [-0.15, -0.1) is 11.3 Å². The summed E-state index contributed by atoms with van der Waals surface area (Å²) in [6, 6.07) is 6.51. The average molecular weight is 280 g/mol. The van der Waals surface area contributed by atoms with Gasteiger partial charge in [-0.1, -0.05) is 18.2 Å². The second-order valence-corrected chi connectivity index (χ2v) is 4.56. The molecule has 0 atom stereocenters.